The molecule has 0 unspecified atom stereocenters. The number of para-hydroxylation sites is 1. The van der Waals surface area contributed by atoms with E-state index in [0.717, 1.165) is 0 Å². The van der Waals surface area contributed by atoms with Crippen molar-refractivity contribution in [2.75, 3.05) is 0 Å². The van der Waals surface area contributed by atoms with Crippen LogP contribution in [0, 0.1) is 13.0 Å². The Hall–Kier alpha value is -1.76. The number of aryl methyl sites for hydroxylation is 1. The summed E-state index contributed by atoms with van der Waals surface area (Å²) in [5.41, 5.74) is 3.67. The van der Waals surface area contributed by atoms with Crippen molar-refractivity contribution in [3.8, 4) is 0 Å². The Labute approximate surface area is 82.4 Å². The lowest BCUT2D eigenvalue weighted by atomic mass is 10.1. The summed E-state index contributed by atoms with van der Waals surface area (Å²) in [5.74, 6) is 0. The highest BCUT2D eigenvalue weighted by molar-refractivity contribution is 6.07. The van der Waals surface area contributed by atoms with E-state index in [1.54, 1.807) is 0 Å². The lowest BCUT2D eigenvalue weighted by Crippen LogP contribution is -1.73. The van der Waals surface area contributed by atoms with Crippen molar-refractivity contribution in [2.45, 2.75) is 6.92 Å². The number of rotatable bonds is 0. The average molecular weight is 180 g/mol. The van der Waals surface area contributed by atoms with Gasteiger partial charge in [0.15, 0.2) is 0 Å². The summed E-state index contributed by atoms with van der Waals surface area (Å²) in [7, 11) is 0. The fraction of sp³-hybridized carbons (Fsp3) is 0.0769. The second-order valence-corrected chi connectivity index (χ2v) is 3.60. The summed E-state index contributed by atoms with van der Waals surface area (Å²) in [6, 6.07) is 15.6. The van der Waals surface area contributed by atoms with E-state index in [0.29, 0.717) is 0 Å². The summed E-state index contributed by atoms with van der Waals surface area (Å²) in [6.45, 7) is 2.11. The van der Waals surface area contributed by atoms with Crippen molar-refractivity contribution in [1.82, 2.24) is 4.98 Å². The molecule has 0 saturated carbocycles. The van der Waals surface area contributed by atoms with Gasteiger partial charge in [-0.1, -0.05) is 18.2 Å². The summed E-state index contributed by atoms with van der Waals surface area (Å²) >= 11 is 0. The van der Waals surface area contributed by atoms with Crippen LogP contribution in [0.25, 0.3) is 21.8 Å². The Morgan fingerprint density at radius 2 is 1.93 bits per heavy atom. The van der Waals surface area contributed by atoms with Gasteiger partial charge in [0.05, 0.1) is 0 Å². The molecular formula is C13H10N. The van der Waals surface area contributed by atoms with Crippen molar-refractivity contribution in [3.05, 3.63) is 48.0 Å². The topological polar surface area (TPSA) is 15.8 Å². The van der Waals surface area contributed by atoms with E-state index in [9.17, 15) is 0 Å². The van der Waals surface area contributed by atoms with Gasteiger partial charge >= 0.3 is 0 Å². The maximum Gasteiger partial charge on any atom is 0.0495 e. The quantitative estimate of drug-likeness (QED) is 0.545. The minimum atomic E-state index is 1.20. The maximum atomic E-state index is 3.43. The third kappa shape index (κ3) is 0.896. The summed E-state index contributed by atoms with van der Waals surface area (Å²) in [5, 5.41) is 2.54. The van der Waals surface area contributed by atoms with Crippen LogP contribution >= 0.6 is 0 Å². The van der Waals surface area contributed by atoms with Gasteiger partial charge in [0, 0.05) is 21.8 Å². The van der Waals surface area contributed by atoms with Gasteiger partial charge < -0.3 is 4.98 Å². The molecule has 14 heavy (non-hydrogen) atoms. The first-order valence-corrected chi connectivity index (χ1v) is 4.73. The van der Waals surface area contributed by atoms with E-state index in [-0.39, 0.29) is 0 Å². The summed E-state index contributed by atoms with van der Waals surface area (Å²) in [6.07, 6.45) is 0. The predicted octanol–water partition coefficient (Wildman–Crippen LogP) is 3.43. The standard InChI is InChI=1S/C13H10N/c1-9-5-4-7-11-10-6-2-3-8-12(10)14-13(9)11/h2-3,5-8,14H,1H3. The van der Waals surface area contributed by atoms with Crippen LogP contribution in [0.15, 0.2) is 36.4 Å². The van der Waals surface area contributed by atoms with Gasteiger partial charge in [-0.3, -0.25) is 0 Å². The lowest BCUT2D eigenvalue weighted by molar-refractivity contribution is 1.45. The van der Waals surface area contributed by atoms with Gasteiger partial charge in [-0.25, -0.2) is 0 Å². The fourth-order valence-corrected chi connectivity index (χ4v) is 1.95. The second-order valence-electron chi connectivity index (χ2n) is 3.60. The van der Waals surface area contributed by atoms with E-state index in [1.807, 2.05) is 12.1 Å². The molecule has 0 fully saturated rings. The molecule has 1 nitrogen and oxygen atoms in total. The number of aromatic amines is 1. The van der Waals surface area contributed by atoms with Crippen LogP contribution in [-0.2, 0) is 0 Å². The average Bonchev–Trinajstić information content (AvgIpc) is 2.59. The van der Waals surface area contributed by atoms with E-state index < -0.39 is 0 Å². The number of aromatic nitrogens is 1. The van der Waals surface area contributed by atoms with Crippen LogP contribution in [-0.4, -0.2) is 4.98 Å². The zero-order valence-corrected chi connectivity index (χ0v) is 7.96. The number of hydrogen-bond acceptors (Lipinski definition) is 0. The number of hydrogen-bond donors (Lipinski definition) is 1. The van der Waals surface area contributed by atoms with Gasteiger partial charge in [0.25, 0.3) is 0 Å². The molecule has 0 saturated heterocycles. The van der Waals surface area contributed by atoms with Crippen molar-refractivity contribution in [2.24, 2.45) is 0 Å². The molecule has 1 N–H and O–H groups in total. The zero-order chi connectivity index (χ0) is 9.54. The first-order chi connectivity index (χ1) is 6.86. The number of fused-ring (bicyclic) bond motifs is 3. The molecular weight excluding hydrogens is 170 g/mol. The van der Waals surface area contributed by atoms with Crippen LogP contribution in [0.5, 0.6) is 0 Å². The molecule has 0 aliphatic rings. The largest absolute Gasteiger partial charge is 0.354 e. The predicted molar refractivity (Wildman–Crippen MR) is 59.4 cm³/mol. The van der Waals surface area contributed by atoms with Crippen molar-refractivity contribution < 1.29 is 0 Å². The molecule has 0 aliphatic carbocycles. The zero-order valence-electron chi connectivity index (χ0n) is 7.96. The summed E-state index contributed by atoms with van der Waals surface area (Å²) in [4.78, 5) is 3.43. The summed E-state index contributed by atoms with van der Waals surface area (Å²) < 4.78 is 0. The molecule has 1 heterocycles. The van der Waals surface area contributed by atoms with Crippen LogP contribution < -0.4 is 0 Å². The Morgan fingerprint density at radius 1 is 1.07 bits per heavy atom. The van der Waals surface area contributed by atoms with E-state index in [4.69, 9.17) is 0 Å². The molecule has 3 aromatic rings. The van der Waals surface area contributed by atoms with Crippen molar-refractivity contribution in [3.63, 3.8) is 0 Å². The minimum Gasteiger partial charge on any atom is -0.354 e. The molecule has 0 amide bonds. The molecule has 0 aliphatic heterocycles. The number of H-pyrrole nitrogens is 1. The Morgan fingerprint density at radius 3 is 2.86 bits per heavy atom. The molecule has 3 rings (SSSR count). The molecule has 67 valence electrons. The highest BCUT2D eigenvalue weighted by Crippen LogP contribution is 2.26. The van der Waals surface area contributed by atoms with E-state index in [2.05, 4.69) is 42.2 Å². The molecule has 1 aromatic heterocycles. The molecule has 1 radical (unpaired) electrons. The third-order valence-corrected chi connectivity index (χ3v) is 2.67. The minimum absolute atomic E-state index is 1.20. The van der Waals surface area contributed by atoms with Gasteiger partial charge in [-0.05, 0) is 36.8 Å². The Balaban J connectivity index is 2.63. The second kappa shape index (κ2) is 2.61. The smallest absolute Gasteiger partial charge is 0.0495 e. The van der Waals surface area contributed by atoms with Gasteiger partial charge in [-0.2, -0.15) is 0 Å². The molecule has 1 heteroatoms. The highest BCUT2D eigenvalue weighted by Gasteiger charge is 2.03. The van der Waals surface area contributed by atoms with Crippen LogP contribution in [0.2, 0.25) is 0 Å². The first-order valence-electron chi connectivity index (χ1n) is 4.73. The Kier molecular flexibility index (Phi) is 1.42. The van der Waals surface area contributed by atoms with Gasteiger partial charge in [0.2, 0.25) is 0 Å². The SMILES string of the molecule is Cc1c[c]cc2c1[nH]c1ccccc12. The third-order valence-electron chi connectivity index (χ3n) is 2.67. The van der Waals surface area contributed by atoms with E-state index >= 15 is 0 Å². The normalized spacial score (nSPS) is 11.2. The lowest BCUT2D eigenvalue weighted by Gasteiger charge is -1.93. The van der Waals surface area contributed by atoms with Crippen LogP contribution in [0.1, 0.15) is 5.56 Å². The fourth-order valence-electron chi connectivity index (χ4n) is 1.95. The van der Waals surface area contributed by atoms with Crippen LogP contribution in [0.4, 0.5) is 0 Å². The molecule has 0 spiro atoms. The number of nitrogens with one attached hydrogen (secondary N) is 1. The number of benzene rings is 2. The van der Waals surface area contributed by atoms with Crippen molar-refractivity contribution in [1.29, 1.82) is 0 Å². The maximum absolute atomic E-state index is 3.43. The molecule has 2 aromatic carbocycles. The first kappa shape index (κ1) is 7.63. The van der Waals surface area contributed by atoms with Gasteiger partial charge in [0.1, 0.15) is 0 Å². The van der Waals surface area contributed by atoms with Crippen LogP contribution in [0.3, 0.4) is 0 Å². The molecule has 0 atom stereocenters. The van der Waals surface area contributed by atoms with Crippen molar-refractivity contribution >= 4 is 21.8 Å². The molecule has 0 bridgehead atoms. The van der Waals surface area contributed by atoms with Gasteiger partial charge in [-0.15, -0.1) is 0 Å². The Bertz CT molecular complexity index is 605. The van der Waals surface area contributed by atoms with E-state index in [1.165, 1.54) is 27.4 Å². The monoisotopic (exact) mass is 180 g/mol. The highest BCUT2D eigenvalue weighted by atomic mass is 14.7.